The minimum atomic E-state index is 0.155. The molecule has 0 unspecified atom stereocenters. The molecular formula is C4H6I2O. The van der Waals surface area contributed by atoms with Gasteiger partial charge in [0.2, 0.25) is 0 Å². The van der Waals surface area contributed by atoms with Gasteiger partial charge >= 0.3 is 0 Å². The van der Waals surface area contributed by atoms with Crippen LogP contribution in [0.5, 0.6) is 0 Å². The standard InChI is InChI=1S/C4H6I2O/c5-4(6)2-1-3-7/h1-2,4,7H,3H2. The van der Waals surface area contributed by atoms with E-state index in [-0.39, 0.29) is 6.61 Å². The molecule has 0 heterocycles. The van der Waals surface area contributed by atoms with Gasteiger partial charge in [-0.1, -0.05) is 57.3 Å². The first-order valence-electron chi connectivity index (χ1n) is 1.83. The normalized spacial score (nSPS) is 11.4. The van der Waals surface area contributed by atoms with Crippen molar-refractivity contribution >= 4 is 45.2 Å². The molecule has 0 aromatic heterocycles. The highest BCUT2D eigenvalue weighted by Crippen LogP contribution is 2.09. The Balaban J connectivity index is 3.08. The zero-order valence-corrected chi connectivity index (χ0v) is 7.96. The summed E-state index contributed by atoms with van der Waals surface area (Å²) in [6.45, 7) is 0.155. The molecule has 0 radical (unpaired) electrons. The molecule has 0 fully saturated rings. The highest BCUT2D eigenvalue weighted by atomic mass is 127. The zero-order chi connectivity index (χ0) is 5.70. The van der Waals surface area contributed by atoms with Crippen molar-refractivity contribution < 1.29 is 5.11 Å². The van der Waals surface area contributed by atoms with Crippen LogP contribution >= 0.6 is 45.2 Å². The molecule has 0 aromatic rings. The molecule has 0 saturated carbocycles. The second-order valence-electron chi connectivity index (χ2n) is 0.945. The van der Waals surface area contributed by atoms with E-state index in [1.54, 1.807) is 6.08 Å². The first-order valence-corrected chi connectivity index (χ1v) is 4.32. The summed E-state index contributed by atoms with van der Waals surface area (Å²) < 4.78 is 0.502. The molecule has 42 valence electrons. The third-order valence-corrected chi connectivity index (χ3v) is 1.22. The number of allylic oxidation sites excluding steroid dienone is 1. The molecule has 0 atom stereocenters. The summed E-state index contributed by atoms with van der Waals surface area (Å²) >= 11 is 4.51. The van der Waals surface area contributed by atoms with Crippen LogP contribution in [0.3, 0.4) is 0 Å². The second kappa shape index (κ2) is 5.30. The number of alkyl halides is 2. The first-order chi connectivity index (χ1) is 3.27. The zero-order valence-electron chi connectivity index (χ0n) is 3.64. The molecule has 0 spiro atoms. The van der Waals surface area contributed by atoms with E-state index >= 15 is 0 Å². The molecule has 0 aliphatic heterocycles. The van der Waals surface area contributed by atoms with Crippen molar-refractivity contribution in [2.75, 3.05) is 6.61 Å². The number of halogens is 2. The highest BCUT2D eigenvalue weighted by Gasteiger charge is 1.83. The summed E-state index contributed by atoms with van der Waals surface area (Å²) in [5.41, 5.74) is 0. The Hall–Kier alpha value is 1.16. The Kier molecular flexibility index (Phi) is 6.18. The summed E-state index contributed by atoms with van der Waals surface area (Å²) in [5.74, 6) is 0. The summed E-state index contributed by atoms with van der Waals surface area (Å²) in [6, 6.07) is 0. The lowest BCUT2D eigenvalue weighted by Gasteiger charge is -1.84. The Morgan fingerprint density at radius 1 is 1.57 bits per heavy atom. The van der Waals surface area contributed by atoms with E-state index in [1.165, 1.54) is 0 Å². The van der Waals surface area contributed by atoms with Gasteiger partial charge in [0.1, 0.15) is 0 Å². The Labute approximate surface area is 70.5 Å². The number of rotatable bonds is 2. The largest absolute Gasteiger partial charge is 0.392 e. The maximum absolute atomic E-state index is 8.22. The summed E-state index contributed by atoms with van der Waals surface area (Å²) in [7, 11) is 0. The van der Waals surface area contributed by atoms with Crippen LogP contribution in [0.25, 0.3) is 0 Å². The molecule has 7 heavy (non-hydrogen) atoms. The Morgan fingerprint density at radius 3 is 2.29 bits per heavy atom. The van der Waals surface area contributed by atoms with E-state index in [0.717, 1.165) is 0 Å². The van der Waals surface area contributed by atoms with Crippen LogP contribution in [-0.4, -0.2) is 13.6 Å². The van der Waals surface area contributed by atoms with Crippen molar-refractivity contribution in [3.63, 3.8) is 0 Å². The van der Waals surface area contributed by atoms with E-state index < -0.39 is 0 Å². The molecule has 0 aliphatic carbocycles. The van der Waals surface area contributed by atoms with Gasteiger partial charge in [-0.15, -0.1) is 0 Å². The third-order valence-electron chi connectivity index (χ3n) is 0.387. The van der Waals surface area contributed by atoms with Gasteiger partial charge < -0.3 is 5.11 Å². The molecule has 0 rings (SSSR count). The van der Waals surface area contributed by atoms with Crippen molar-refractivity contribution in [3.05, 3.63) is 12.2 Å². The van der Waals surface area contributed by atoms with Crippen molar-refractivity contribution in [2.24, 2.45) is 0 Å². The van der Waals surface area contributed by atoms with Crippen LogP contribution in [0.4, 0.5) is 0 Å². The van der Waals surface area contributed by atoms with Gasteiger partial charge in [-0.2, -0.15) is 0 Å². The quantitative estimate of drug-likeness (QED) is 0.466. The van der Waals surface area contributed by atoms with Gasteiger partial charge in [0.15, 0.2) is 0 Å². The molecule has 1 nitrogen and oxygen atoms in total. The number of aliphatic hydroxyl groups is 1. The SMILES string of the molecule is OCC=CC(I)I. The van der Waals surface area contributed by atoms with Crippen LogP contribution in [-0.2, 0) is 0 Å². The van der Waals surface area contributed by atoms with E-state index in [9.17, 15) is 0 Å². The van der Waals surface area contributed by atoms with Crippen LogP contribution in [0.1, 0.15) is 0 Å². The minimum Gasteiger partial charge on any atom is -0.392 e. The van der Waals surface area contributed by atoms with E-state index in [1.807, 2.05) is 6.08 Å². The van der Waals surface area contributed by atoms with Gasteiger partial charge in [0.05, 0.1) is 8.54 Å². The average Bonchev–Trinajstić information content (AvgIpc) is 1.61. The lowest BCUT2D eigenvalue weighted by atomic mass is 10.6. The van der Waals surface area contributed by atoms with Crippen molar-refractivity contribution in [2.45, 2.75) is 1.93 Å². The lowest BCUT2D eigenvalue weighted by molar-refractivity contribution is 0.342. The fraction of sp³-hybridized carbons (Fsp3) is 0.500. The summed E-state index contributed by atoms with van der Waals surface area (Å²) in [5, 5.41) is 8.22. The van der Waals surface area contributed by atoms with Gasteiger partial charge in [0, 0.05) is 0 Å². The van der Waals surface area contributed by atoms with Gasteiger partial charge in [-0.25, -0.2) is 0 Å². The van der Waals surface area contributed by atoms with Crippen molar-refractivity contribution in [1.82, 2.24) is 0 Å². The van der Waals surface area contributed by atoms with Crippen LogP contribution in [0.15, 0.2) is 12.2 Å². The van der Waals surface area contributed by atoms with Crippen molar-refractivity contribution in [3.8, 4) is 0 Å². The molecule has 0 bridgehead atoms. The van der Waals surface area contributed by atoms with Crippen molar-refractivity contribution in [1.29, 1.82) is 0 Å². The first kappa shape index (κ1) is 8.16. The fourth-order valence-corrected chi connectivity index (χ4v) is 0.751. The van der Waals surface area contributed by atoms with E-state index in [2.05, 4.69) is 45.2 Å². The fourth-order valence-electron chi connectivity index (χ4n) is 0.164. The second-order valence-corrected chi connectivity index (χ2v) is 6.01. The van der Waals surface area contributed by atoms with Gasteiger partial charge in [-0.05, 0) is 0 Å². The maximum Gasteiger partial charge on any atom is 0.0806 e. The van der Waals surface area contributed by atoms with Crippen LogP contribution in [0.2, 0.25) is 0 Å². The highest BCUT2D eigenvalue weighted by molar-refractivity contribution is 14.2. The summed E-state index contributed by atoms with van der Waals surface area (Å²) in [4.78, 5) is 0. The predicted molar refractivity (Wildman–Crippen MR) is 48.1 cm³/mol. The number of hydrogen-bond donors (Lipinski definition) is 1. The predicted octanol–water partition coefficient (Wildman–Crippen LogP) is 1.73. The topological polar surface area (TPSA) is 20.2 Å². The Bertz CT molecular complexity index is 60.7. The number of hydrogen-bond acceptors (Lipinski definition) is 1. The number of aliphatic hydroxyl groups excluding tert-OH is 1. The Morgan fingerprint density at radius 2 is 2.14 bits per heavy atom. The molecular weight excluding hydrogens is 318 g/mol. The average molecular weight is 324 g/mol. The third kappa shape index (κ3) is 7.16. The van der Waals surface area contributed by atoms with Crippen LogP contribution in [0, 0.1) is 0 Å². The maximum atomic E-state index is 8.22. The molecule has 0 aromatic carbocycles. The minimum absolute atomic E-state index is 0.155. The van der Waals surface area contributed by atoms with Gasteiger partial charge in [-0.3, -0.25) is 0 Å². The molecule has 0 amide bonds. The van der Waals surface area contributed by atoms with E-state index in [0.29, 0.717) is 1.93 Å². The van der Waals surface area contributed by atoms with Crippen LogP contribution < -0.4 is 0 Å². The monoisotopic (exact) mass is 324 g/mol. The lowest BCUT2D eigenvalue weighted by Crippen LogP contribution is -1.76. The summed E-state index contributed by atoms with van der Waals surface area (Å²) in [6.07, 6.45) is 3.69. The molecule has 3 heteroatoms. The van der Waals surface area contributed by atoms with E-state index in [4.69, 9.17) is 5.11 Å². The molecule has 0 saturated heterocycles. The molecule has 0 aliphatic rings. The van der Waals surface area contributed by atoms with Gasteiger partial charge in [0.25, 0.3) is 0 Å². The molecule has 1 N–H and O–H groups in total. The smallest absolute Gasteiger partial charge is 0.0806 e.